The van der Waals surface area contributed by atoms with Crippen LogP contribution < -0.4 is 25.4 Å². The summed E-state index contributed by atoms with van der Waals surface area (Å²) >= 11 is 0. The van der Waals surface area contributed by atoms with Crippen LogP contribution in [-0.4, -0.2) is 58.6 Å². The van der Waals surface area contributed by atoms with E-state index in [-0.39, 0.29) is 24.7 Å². The lowest BCUT2D eigenvalue weighted by atomic mass is 10.1. The first-order chi connectivity index (χ1) is 24.8. The van der Waals surface area contributed by atoms with Gasteiger partial charge in [0.25, 0.3) is 5.91 Å². The van der Waals surface area contributed by atoms with Gasteiger partial charge in [0.1, 0.15) is 17.5 Å². The summed E-state index contributed by atoms with van der Waals surface area (Å²) in [7, 11) is 3.40. The number of esters is 1. The predicted octanol–water partition coefficient (Wildman–Crippen LogP) is 6.26. The molecular weight excluding hydrogens is 650 g/mol. The highest BCUT2D eigenvalue weighted by molar-refractivity contribution is 6.07. The molecule has 51 heavy (non-hydrogen) atoms. The highest BCUT2D eigenvalue weighted by Crippen LogP contribution is 2.26. The van der Waals surface area contributed by atoms with Crippen molar-refractivity contribution in [3.8, 4) is 11.5 Å². The molecule has 0 unspecified atom stereocenters. The van der Waals surface area contributed by atoms with Gasteiger partial charge in [0.05, 0.1) is 37.7 Å². The van der Waals surface area contributed by atoms with Crippen LogP contribution in [0, 0.1) is 0 Å². The molecular formula is C38H41N7O6. The number of benzene rings is 3. The van der Waals surface area contributed by atoms with Crippen molar-refractivity contribution < 1.29 is 28.6 Å². The van der Waals surface area contributed by atoms with Crippen molar-refractivity contribution in [1.29, 1.82) is 0 Å². The molecule has 2 aromatic heterocycles. The van der Waals surface area contributed by atoms with E-state index in [4.69, 9.17) is 24.9 Å². The molecule has 0 bridgehead atoms. The van der Waals surface area contributed by atoms with Crippen LogP contribution in [0.2, 0.25) is 0 Å². The average Bonchev–Trinajstić information content (AvgIpc) is 3.47. The van der Waals surface area contributed by atoms with Crippen LogP contribution in [0.15, 0.2) is 96.1 Å². The van der Waals surface area contributed by atoms with Crippen molar-refractivity contribution in [3.05, 3.63) is 108 Å². The minimum Gasteiger partial charge on any atom is -0.493 e. The molecule has 0 saturated carbocycles. The Morgan fingerprint density at radius 1 is 0.941 bits per heavy atom. The van der Waals surface area contributed by atoms with Gasteiger partial charge in [-0.1, -0.05) is 38.0 Å². The molecule has 0 saturated heterocycles. The van der Waals surface area contributed by atoms with Crippen LogP contribution in [0.25, 0.3) is 11.0 Å². The van der Waals surface area contributed by atoms with Crippen LogP contribution in [0.4, 0.5) is 16.3 Å². The molecule has 0 aliphatic carbocycles. The van der Waals surface area contributed by atoms with Crippen molar-refractivity contribution in [2.24, 2.45) is 17.8 Å². The van der Waals surface area contributed by atoms with E-state index in [9.17, 15) is 14.4 Å². The number of nitrogens with two attached hydrogens (primary N) is 1. The van der Waals surface area contributed by atoms with Gasteiger partial charge in [0, 0.05) is 36.6 Å². The fourth-order valence-electron chi connectivity index (χ4n) is 5.26. The Morgan fingerprint density at radius 2 is 1.69 bits per heavy atom. The Morgan fingerprint density at radius 3 is 2.41 bits per heavy atom. The lowest BCUT2D eigenvalue weighted by Gasteiger charge is -2.21. The number of fused-ring (bicyclic) bond motifs is 1. The van der Waals surface area contributed by atoms with E-state index in [1.54, 1.807) is 72.9 Å². The normalized spacial score (nSPS) is 11.2. The molecule has 2 amide bonds. The van der Waals surface area contributed by atoms with Gasteiger partial charge >= 0.3 is 12.1 Å². The Kier molecular flexibility index (Phi) is 12.3. The lowest BCUT2D eigenvalue weighted by Crippen LogP contribution is -2.34. The molecule has 13 heteroatoms. The number of carbonyl (C=O) groups is 3. The number of ether oxygens (including phenoxy) is 3. The van der Waals surface area contributed by atoms with E-state index in [2.05, 4.69) is 22.2 Å². The van der Waals surface area contributed by atoms with E-state index in [0.717, 1.165) is 36.3 Å². The van der Waals surface area contributed by atoms with Gasteiger partial charge in [0.15, 0.2) is 11.5 Å². The molecule has 0 radical (unpaired) electrons. The molecule has 3 N–H and O–H groups in total. The highest BCUT2D eigenvalue weighted by Gasteiger charge is 2.22. The molecule has 0 aliphatic rings. The number of hydrogen-bond donors (Lipinski definition) is 2. The molecule has 5 aromatic rings. The first-order valence-electron chi connectivity index (χ1n) is 16.6. The number of rotatable bonds is 15. The number of nitrogens with zero attached hydrogens (tertiary/aromatic N) is 5. The van der Waals surface area contributed by atoms with Gasteiger partial charge in [-0.05, 0) is 73.2 Å². The lowest BCUT2D eigenvalue weighted by molar-refractivity contribution is -0.134. The van der Waals surface area contributed by atoms with Crippen LogP contribution in [-0.2, 0) is 23.1 Å². The maximum atomic E-state index is 13.9. The second-order valence-electron chi connectivity index (χ2n) is 11.6. The smallest absolute Gasteiger partial charge is 0.435 e. The van der Waals surface area contributed by atoms with Crippen LogP contribution in [0.3, 0.4) is 0 Å². The Bertz CT molecular complexity index is 1990. The maximum absolute atomic E-state index is 13.9. The third-order valence-electron chi connectivity index (χ3n) is 8.04. The van der Waals surface area contributed by atoms with Crippen LogP contribution in [0.5, 0.6) is 11.5 Å². The number of carbonyl (C=O) groups excluding carboxylic acids is 3. The third kappa shape index (κ3) is 9.47. The zero-order valence-electron chi connectivity index (χ0n) is 28.9. The van der Waals surface area contributed by atoms with Crippen molar-refractivity contribution >= 4 is 46.3 Å². The standard InChI is InChI=1S/C38H41N7O6/c1-4-5-10-23-50-38(48)43-36(39)26-14-17-28(18-15-26)41-25-34-42-29-24-27(16-19-30(29)44(34)2)37(47)45(33-13-8-9-21-40-33)22-20-35(46)51-32-12-7-6-11-31(32)49-3/h6-9,11-19,21,24,41H,4-5,10,20,22-23,25H2,1-3H3,(H2,39,43,48). The minimum atomic E-state index is -0.702. The van der Waals surface area contributed by atoms with E-state index in [1.807, 2.05) is 29.8 Å². The summed E-state index contributed by atoms with van der Waals surface area (Å²) in [5, 5.41) is 3.35. The van der Waals surface area contributed by atoms with Gasteiger partial charge in [-0.15, -0.1) is 0 Å². The van der Waals surface area contributed by atoms with E-state index >= 15 is 0 Å². The number of nitrogens with one attached hydrogen (secondary N) is 1. The molecule has 5 rings (SSSR count). The number of aryl methyl sites for hydroxylation is 1. The molecule has 13 nitrogen and oxygen atoms in total. The molecule has 0 fully saturated rings. The number of hydrogen-bond acceptors (Lipinski definition) is 9. The number of amides is 2. The second-order valence-corrected chi connectivity index (χ2v) is 11.6. The van der Waals surface area contributed by atoms with E-state index in [0.29, 0.717) is 47.1 Å². The van der Waals surface area contributed by atoms with Crippen LogP contribution >= 0.6 is 0 Å². The van der Waals surface area contributed by atoms with Crippen molar-refractivity contribution in [2.45, 2.75) is 39.2 Å². The number of methoxy groups -OCH3 is 1. The Balaban J connectivity index is 1.24. The number of aromatic nitrogens is 3. The fraction of sp³-hybridized carbons (Fsp3) is 0.263. The monoisotopic (exact) mass is 691 g/mol. The van der Waals surface area contributed by atoms with E-state index < -0.39 is 12.1 Å². The summed E-state index contributed by atoms with van der Waals surface area (Å²) < 4.78 is 17.8. The number of aliphatic imine (C=N–C) groups is 1. The number of pyridine rings is 1. The van der Waals surface area contributed by atoms with E-state index in [1.165, 1.54) is 12.0 Å². The third-order valence-corrected chi connectivity index (χ3v) is 8.04. The molecule has 0 spiro atoms. The molecule has 3 aromatic carbocycles. The minimum absolute atomic E-state index is 0.0404. The summed E-state index contributed by atoms with van der Waals surface area (Å²) in [6, 6.07) is 24.6. The Labute approximate surface area is 296 Å². The zero-order chi connectivity index (χ0) is 36.2. The molecule has 2 heterocycles. The summed E-state index contributed by atoms with van der Waals surface area (Å²) in [5.41, 5.74) is 9.30. The van der Waals surface area contributed by atoms with Crippen molar-refractivity contribution in [2.75, 3.05) is 30.5 Å². The SMILES string of the molecule is CCCCCOC(=O)/N=C(\N)c1ccc(NCc2nc3cc(C(=O)N(CCC(=O)Oc4ccccc4OC)c4ccccn4)ccc3n2C)cc1. The molecule has 264 valence electrons. The topological polar surface area (TPSA) is 163 Å². The first kappa shape index (κ1) is 36.1. The number of anilines is 2. The van der Waals surface area contributed by atoms with Gasteiger partial charge < -0.3 is 29.8 Å². The fourth-order valence-corrected chi connectivity index (χ4v) is 5.26. The van der Waals surface area contributed by atoms with Crippen molar-refractivity contribution in [3.63, 3.8) is 0 Å². The molecule has 0 atom stereocenters. The number of unbranched alkanes of at least 4 members (excludes halogenated alkanes) is 2. The number of imidazole rings is 1. The first-order valence-corrected chi connectivity index (χ1v) is 16.6. The van der Waals surface area contributed by atoms with Crippen LogP contribution in [0.1, 0.15) is 54.4 Å². The number of amidine groups is 1. The van der Waals surface area contributed by atoms with Gasteiger partial charge in [-0.25, -0.2) is 14.8 Å². The van der Waals surface area contributed by atoms with Crippen molar-refractivity contribution in [1.82, 2.24) is 14.5 Å². The largest absolute Gasteiger partial charge is 0.493 e. The summed E-state index contributed by atoms with van der Waals surface area (Å²) in [4.78, 5) is 53.1. The summed E-state index contributed by atoms with van der Waals surface area (Å²) in [6.07, 6.45) is 3.62. The quantitative estimate of drug-likeness (QED) is 0.0421. The maximum Gasteiger partial charge on any atom is 0.435 e. The second kappa shape index (κ2) is 17.4. The van der Waals surface area contributed by atoms with Gasteiger partial charge in [-0.2, -0.15) is 4.99 Å². The summed E-state index contributed by atoms with van der Waals surface area (Å²) in [6.45, 7) is 2.83. The average molecular weight is 692 g/mol. The predicted molar refractivity (Wildman–Crippen MR) is 195 cm³/mol. The molecule has 0 aliphatic heterocycles. The zero-order valence-corrected chi connectivity index (χ0v) is 28.9. The van der Waals surface area contributed by atoms with Gasteiger partial charge in [-0.3, -0.25) is 14.5 Å². The number of para-hydroxylation sites is 2. The van der Waals surface area contributed by atoms with Gasteiger partial charge in [0.2, 0.25) is 0 Å². The Hall–Kier alpha value is -6.24. The summed E-state index contributed by atoms with van der Waals surface area (Å²) in [5.74, 6) is 1.11. The highest BCUT2D eigenvalue weighted by atomic mass is 16.6.